The van der Waals surface area contributed by atoms with Crippen LogP contribution in [0.3, 0.4) is 0 Å². The number of hydrogen-bond donors (Lipinski definition) is 1. The predicted molar refractivity (Wildman–Crippen MR) is 89.3 cm³/mol. The highest BCUT2D eigenvalue weighted by molar-refractivity contribution is 6.42. The maximum absolute atomic E-state index is 11.3. The van der Waals surface area contributed by atoms with Gasteiger partial charge in [-0.05, 0) is 23.1 Å². The Morgan fingerprint density at radius 1 is 1.19 bits per heavy atom. The van der Waals surface area contributed by atoms with Crippen LogP contribution in [0.5, 0.6) is 0 Å². The molecule has 0 fully saturated rings. The average Bonchev–Trinajstić information content (AvgIpc) is 2.83. The molecule has 1 aromatic carbocycles. The van der Waals surface area contributed by atoms with Gasteiger partial charge >= 0.3 is 0 Å². The van der Waals surface area contributed by atoms with Crippen LogP contribution in [0.15, 0.2) is 36.9 Å². The van der Waals surface area contributed by atoms with Crippen molar-refractivity contribution in [1.29, 1.82) is 0 Å². The van der Waals surface area contributed by atoms with Gasteiger partial charge in [-0.25, -0.2) is 4.98 Å². The van der Waals surface area contributed by atoms with Gasteiger partial charge in [-0.3, -0.25) is 0 Å². The Bertz CT molecular complexity index is 593. The van der Waals surface area contributed by atoms with E-state index in [9.17, 15) is 5.11 Å². The molecule has 0 amide bonds. The van der Waals surface area contributed by atoms with Crippen molar-refractivity contribution in [2.45, 2.75) is 32.9 Å². The van der Waals surface area contributed by atoms with Gasteiger partial charge in [0.25, 0.3) is 0 Å². The zero-order valence-corrected chi connectivity index (χ0v) is 14.5. The molecular formula is C15H19Cl3N2O. The average molecular weight is 350 g/mol. The van der Waals surface area contributed by atoms with E-state index in [1.165, 1.54) is 0 Å². The highest BCUT2D eigenvalue weighted by atomic mass is 35.5. The van der Waals surface area contributed by atoms with Crippen molar-refractivity contribution in [2.75, 3.05) is 0 Å². The molecule has 1 heterocycles. The van der Waals surface area contributed by atoms with E-state index >= 15 is 0 Å². The first kappa shape index (κ1) is 18.3. The van der Waals surface area contributed by atoms with E-state index in [1.54, 1.807) is 24.7 Å². The van der Waals surface area contributed by atoms with Crippen molar-refractivity contribution in [3.05, 3.63) is 52.5 Å². The SMILES string of the molecule is CC(C)(C)C(O)(Cn1ccnc1)c1ccc(Cl)c(Cl)c1.Cl. The first-order valence-electron chi connectivity index (χ1n) is 6.38. The number of benzene rings is 1. The molecule has 2 aromatic rings. The van der Waals surface area contributed by atoms with Gasteiger partial charge in [0.2, 0.25) is 0 Å². The lowest BCUT2D eigenvalue weighted by Crippen LogP contribution is -2.43. The maximum Gasteiger partial charge on any atom is 0.112 e. The molecule has 116 valence electrons. The summed E-state index contributed by atoms with van der Waals surface area (Å²) in [7, 11) is 0. The molecule has 2 rings (SSSR count). The minimum Gasteiger partial charge on any atom is -0.383 e. The summed E-state index contributed by atoms with van der Waals surface area (Å²) < 4.78 is 1.85. The molecule has 0 aliphatic heterocycles. The second-order valence-corrected chi connectivity index (χ2v) is 6.79. The predicted octanol–water partition coefficient (Wildman–Crippen LogP) is 4.55. The number of hydrogen-bond acceptors (Lipinski definition) is 2. The maximum atomic E-state index is 11.3. The van der Waals surface area contributed by atoms with Gasteiger partial charge in [0.05, 0.1) is 22.9 Å². The van der Waals surface area contributed by atoms with Gasteiger partial charge in [0.1, 0.15) is 5.60 Å². The fraction of sp³-hybridized carbons (Fsp3) is 0.400. The summed E-state index contributed by atoms with van der Waals surface area (Å²) >= 11 is 12.0. The van der Waals surface area contributed by atoms with Crippen molar-refractivity contribution < 1.29 is 5.11 Å². The molecule has 0 saturated heterocycles. The van der Waals surface area contributed by atoms with E-state index in [0.717, 1.165) is 5.56 Å². The third-order valence-electron chi connectivity index (χ3n) is 3.61. The lowest BCUT2D eigenvalue weighted by atomic mass is 9.72. The van der Waals surface area contributed by atoms with Gasteiger partial charge in [-0.1, -0.05) is 50.0 Å². The van der Waals surface area contributed by atoms with Crippen molar-refractivity contribution >= 4 is 35.6 Å². The number of nitrogens with zero attached hydrogens (tertiary/aromatic N) is 2. The van der Waals surface area contributed by atoms with Crippen LogP contribution in [-0.2, 0) is 12.1 Å². The van der Waals surface area contributed by atoms with Crippen LogP contribution < -0.4 is 0 Å². The van der Waals surface area contributed by atoms with E-state index in [2.05, 4.69) is 4.98 Å². The number of aliphatic hydroxyl groups is 1. The van der Waals surface area contributed by atoms with E-state index in [-0.39, 0.29) is 17.8 Å². The summed E-state index contributed by atoms with van der Waals surface area (Å²) in [6, 6.07) is 5.26. The smallest absolute Gasteiger partial charge is 0.112 e. The van der Waals surface area contributed by atoms with Gasteiger partial charge in [-0.2, -0.15) is 0 Å². The quantitative estimate of drug-likeness (QED) is 0.883. The lowest BCUT2D eigenvalue weighted by Gasteiger charge is -2.41. The van der Waals surface area contributed by atoms with Crippen LogP contribution >= 0.6 is 35.6 Å². The molecule has 0 aliphatic rings. The Labute approximate surface area is 141 Å². The highest BCUT2D eigenvalue weighted by Crippen LogP contribution is 2.42. The second-order valence-electron chi connectivity index (χ2n) is 5.97. The topological polar surface area (TPSA) is 38.0 Å². The molecule has 0 aliphatic carbocycles. The Hall–Kier alpha value is -0.740. The molecular weight excluding hydrogens is 331 g/mol. The minimum absolute atomic E-state index is 0. The summed E-state index contributed by atoms with van der Waals surface area (Å²) in [5.41, 5.74) is -0.718. The van der Waals surface area contributed by atoms with Crippen LogP contribution in [0.4, 0.5) is 0 Å². The third kappa shape index (κ3) is 3.72. The monoisotopic (exact) mass is 348 g/mol. The Morgan fingerprint density at radius 2 is 1.86 bits per heavy atom. The molecule has 1 atom stereocenters. The highest BCUT2D eigenvalue weighted by Gasteiger charge is 2.42. The van der Waals surface area contributed by atoms with E-state index in [0.29, 0.717) is 16.6 Å². The first-order valence-corrected chi connectivity index (χ1v) is 7.13. The zero-order valence-electron chi connectivity index (χ0n) is 12.2. The number of rotatable bonds is 3. The number of imidazole rings is 1. The Morgan fingerprint density at radius 3 is 2.33 bits per heavy atom. The number of halogens is 3. The minimum atomic E-state index is -1.08. The van der Waals surface area contributed by atoms with Crippen molar-refractivity contribution in [2.24, 2.45) is 5.41 Å². The fourth-order valence-corrected chi connectivity index (χ4v) is 2.46. The van der Waals surface area contributed by atoms with E-state index in [1.807, 2.05) is 37.6 Å². The standard InChI is InChI=1S/C15H18Cl2N2O.ClH/c1-14(2,3)15(20,9-19-7-6-18-10-19)11-4-5-12(16)13(17)8-11;/h4-8,10,20H,9H2,1-3H3;1H. The fourth-order valence-electron chi connectivity index (χ4n) is 2.16. The molecule has 1 aromatic heterocycles. The van der Waals surface area contributed by atoms with Gasteiger partial charge in [0, 0.05) is 12.4 Å². The van der Waals surface area contributed by atoms with Crippen molar-refractivity contribution in [3.63, 3.8) is 0 Å². The van der Waals surface area contributed by atoms with E-state index < -0.39 is 5.60 Å². The summed E-state index contributed by atoms with van der Waals surface area (Å²) in [6.07, 6.45) is 5.21. The van der Waals surface area contributed by atoms with Gasteiger partial charge in [0.15, 0.2) is 0 Å². The largest absolute Gasteiger partial charge is 0.383 e. The summed E-state index contributed by atoms with van der Waals surface area (Å²) in [6.45, 7) is 6.37. The molecule has 21 heavy (non-hydrogen) atoms. The number of aromatic nitrogens is 2. The van der Waals surface area contributed by atoms with Crippen LogP contribution in [0, 0.1) is 5.41 Å². The second kappa shape index (κ2) is 6.57. The van der Waals surface area contributed by atoms with Crippen molar-refractivity contribution in [3.8, 4) is 0 Å². The zero-order chi connectivity index (χ0) is 15.0. The molecule has 1 unspecified atom stereocenters. The molecule has 1 N–H and O–H groups in total. The molecule has 0 saturated carbocycles. The van der Waals surface area contributed by atoms with Gasteiger partial charge < -0.3 is 9.67 Å². The molecule has 6 heteroatoms. The normalized spacial score (nSPS) is 14.4. The van der Waals surface area contributed by atoms with Gasteiger partial charge in [-0.15, -0.1) is 12.4 Å². The van der Waals surface area contributed by atoms with Crippen LogP contribution in [0.1, 0.15) is 26.3 Å². The summed E-state index contributed by atoms with van der Waals surface area (Å²) in [4.78, 5) is 4.02. The molecule has 3 nitrogen and oxygen atoms in total. The van der Waals surface area contributed by atoms with E-state index in [4.69, 9.17) is 23.2 Å². The summed E-state index contributed by atoms with van der Waals surface area (Å²) in [5.74, 6) is 0. The lowest BCUT2D eigenvalue weighted by molar-refractivity contribution is -0.0781. The molecule has 0 bridgehead atoms. The first-order chi connectivity index (χ1) is 9.24. The summed E-state index contributed by atoms with van der Waals surface area (Å²) in [5, 5.41) is 12.2. The third-order valence-corrected chi connectivity index (χ3v) is 4.35. The Balaban J connectivity index is 0.00000220. The molecule has 0 radical (unpaired) electrons. The van der Waals surface area contributed by atoms with Crippen LogP contribution in [0.2, 0.25) is 10.0 Å². The van der Waals surface area contributed by atoms with Crippen LogP contribution in [0.25, 0.3) is 0 Å². The molecule has 0 spiro atoms. The van der Waals surface area contributed by atoms with Crippen LogP contribution in [-0.4, -0.2) is 14.7 Å². The Kier molecular flexibility index (Phi) is 5.73. The van der Waals surface area contributed by atoms with Crippen molar-refractivity contribution in [1.82, 2.24) is 9.55 Å².